The van der Waals surface area contributed by atoms with Crippen molar-refractivity contribution in [2.75, 3.05) is 32.7 Å². The Balaban J connectivity index is 2.23. The molecule has 0 spiro atoms. The van der Waals surface area contributed by atoms with Crippen molar-refractivity contribution in [1.29, 1.82) is 5.26 Å². The molecule has 6 heteroatoms. The van der Waals surface area contributed by atoms with Crippen LogP contribution in [0.2, 0.25) is 0 Å². The number of rotatable bonds is 5. The predicted octanol–water partition coefficient (Wildman–Crippen LogP) is 2.84. The second-order valence-electron chi connectivity index (χ2n) is 6.96. The summed E-state index contributed by atoms with van der Waals surface area (Å²) >= 11 is 0. The molecule has 25 heavy (non-hydrogen) atoms. The minimum atomic E-state index is -3.48. The Bertz CT molecular complexity index is 757. The molecule has 0 unspecified atom stereocenters. The third-order valence-corrected chi connectivity index (χ3v) is 7.80. The van der Waals surface area contributed by atoms with E-state index >= 15 is 0 Å². The number of benzene rings is 1. The molecule has 0 saturated carbocycles. The van der Waals surface area contributed by atoms with Crippen LogP contribution in [0.3, 0.4) is 0 Å². The van der Waals surface area contributed by atoms with E-state index < -0.39 is 10.0 Å². The van der Waals surface area contributed by atoms with Gasteiger partial charge in [0.25, 0.3) is 0 Å². The number of hydrogen-bond acceptors (Lipinski definition) is 4. The standard InChI is InChI=1S/C19H29N3O2S/c1-14-15(2)17(4)19(18(5)16(14)3)25(23,24)22-12-10-21(11-13-22)9-7-6-8-20/h6-7,9-13H2,1-5H3. The largest absolute Gasteiger partial charge is 0.301 e. The van der Waals surface area contributed by atoms with Crippen molar-refractivity contribution in [1.82, 2.24) is 9.21 Å². The summed E-state index contributed by atoms with van der Waals surface area (Å²) in [7, 11) is -3.48. The molecule has 1 aliphatic rings. The van der Waals surface area contributed by atoms with Gasteiger partial charge < -0.3 is 4.90 Å². The molecule has 0 aliphatic carbocycles. The van der Waals surface area contributed by atoms with Crippen molar-refractivity contribution in [2.24, 2.45) is 0 Å². The van der Waals surface area contributed by atoms with Crippen LogP contribution in [0.1, 0.15) is 40.7 Å². The van der Waals surface area contributed by atoms with Crippen molar-refractivity contribution < 1.29 is 8.42 Å². The first-order valence-electron chi connectivity index (χ1n) is 8.88. The molecule has 0 amide bonds. The van der Waals surface area contributed by atoms with Gasteiger partial charge in [0.05, 0.1) is 11.0 Å². The molecule has 1 aliphatic heterocycles. The summed E-state index contributed by atoms with van der Waals surface area (Å²) in [5, 5.41) is 8.63. The van der Waals surface area contributed by atoms with E-state index in [1.54, 1.807) is 4.31 Å². The van der Waals surface area contributed by atoms with Gasteiger partial charge in [-0.05, 0) is 75.4 Å². The highest BCUT2D eigenvalue weighted by atomic mass is 32.2. The third-order valence-electron chi connectivity index (χ3n) is 5.62. The van der Waals surface area contributed by atoms with Crippen molar-refractivity contribution in [3.05, 3.63) is 27.8 Å². The molecule has 1 aromatic carbocycles. The first-order valence-corrected chi connectivity index (χ1v) is 10.3. The number of nitriles is 1. The highest BCUT2D eigenvalue weighted by Gasteiger charge is 2.32. The van der Waals surface area contributed by atoms with Crippen LogP contribution in [0, 0.1) is 45.9 Å². The van der Waals surface area contributed by atoms with Gasteiger partial charge in [0, 0.05) is 32.6 Å². The lowest BCUT2D eigenvalue weighted by Crippen LogP contribution is -2.49. The number of sulfonamides is 1. The molecule has 0 N–H and O–H groups in total. The Morgan fingerprint density at radius 2 is 1.36 bits per heavy atom. The van der Waals surface area contributed by atoms with Gasteiger partial charge in [-0.15, -0.1) is 0 Å². The fraction of sp³-hybridized carbons (Fsp3) is 0.632. The Morgan fingerprint density at radius 1 is 0.880 bits per heavy atom. The highest BCUT2D eigenvalue weighted by molar-refractivity contribution is 7.89. The highest BCUT2D eigenvalue weighted by Crippen LogP contribution is 2.31. The molecule has 2 rings (SSSR count). The van der Waals surface area contributed by atoms with Gasteiger partial charge in [0.15, 0.2) is 0 Å². The number of hydrogen-bond donors (Lipinski definition) is 0. The van der Waals surface area contributed by atoms with Crippen LogP contribution in [0.15, 0.2) is 4.90 Å². The number of nitrogens with zero attached hydrogens (tertiary/aromatic N) is 3. The zero-order chi connectivity index (χ0) is 18.8. The second kappa shape index (κ2) is 7.86. The Hall–Kier alpha value is -1.42. The zero-order valence-electron chi connectivity index (χ0n) is 16.0. The van der Waals surface area contributed by atoms with Crippen molar-refractivity contribution in [3.63, 3.8) is 0 Å². The molecular weight excluding hydrogens is 334 g/mol. The van der Waals surface area contributed by atoms with E-state index in [1.807, 2.05) is 27.7 Å². The monoisotopic (exact) mass is 363 g/mol. The quantitative estimate of drug-likeness (QED) is 0.755. The van der Waals surface area contributed by atoms with Crippen LogP contribution in [-0.4, -0.2) is 50.3 Å². The lowest BCUT2D eigenvalue weighted by molar-refractivity contribution is 0.187. The molecule has 0 atom stereocenters. The predicted molar refractivity (Wildman–Crippen MR) is 100 cm³/mol. The van der Waals surface area contributed by atoms with Gasteiger partial charge in [0.2, 0.25) is 10.0 Å². The Kier molecular flexibility index (Phi) is 6.26. The van der Waals surface area contributed by atoms with E-state index in [2.05, 4.69) is 17.9 Å². The molecule has 1 aromatic rings. The summed E-state index contributed by atoms with van der Waals surface area (Å²) in [6.45, 7) is 13.2. The van der Waals surface area contributed by atoms with E-state index in [0.717, 1.165) is 48.3 Å². The minimum absolute atomic E-state index is 0.492. The van der Waals surface area contributed by atoms with E-state index in [9.17, 15) is 8.42 Å². The van der Waals surface area contributed by atoms with Gasteiger partial charge in [-0.25, -0.2) is 8.42 Å². The van der Waals surface area contributed by atoms with E-state index in [1.165, 1.54) is 5.56 Å². The molecule has 0 radical (unpaired) electrons. The Morgan fingerprint density at radius 3 is 1.84 bits per heavy atom. The van der Waals surface area contributed by atoms with E-state index in [-0.39, 0.29) is 0 Å². The van der Waals surface area contributed by atoms with E-state index in [0.29, 0.717) is 24.4 Å². The van der Waals surface area contributed by atoms with Gasteiger partial charge >= 0.3 is 0 Å². The number of piperazine rings is 1. The van der Waals surface area contributed by atoms with Crippen LogP contribution in [0.4, 0.5) is 0 Å². The SMILES string of the molecule is Cc1c(C)c(C)c(S(=O)(=O)N2CCN(CCCC#N)CC2)c(C)c1C. The Labute approximate surface area is 152 Å². The van der Waals surface area contributed by atoms with Gasteiger partial charge in [-0.1, -0.05) is 0 Å². The summed E-state index contributed by atoms with van der Waals surface area (Å²) in [6, 6.07) is 2.16. The average Bonchev–Trinajstić information content (AvgIpc) is 2.59. The average molecular weight is 364 g/mol. The molecule has 1 fully saturated rings. The number of unbranched alkanes of at least 4 members (excludes halogenated alkanes) is 1. The first-order chi connectivity index (χ1) is 11.7. The summed E-state index contributed by atoms with van der Waals surface area (Å²) in [5.41, 5.74) is 5.05. The fourth-order valence-corrected chi connectivity index (χ4v) is 5.54. The van der Waals surface area contributed by atoms with Crippen molar-refractivity contribution in [3.8, 4) is 6.07 Å². The van der Waals surface area contributed by atoms with Gasteiger partial charge in [-0.3, -0.25) is 0 Å². The van der Waals surface area contributed by atoms with Crippen LogP contribution >= 0.6 is 0 Å². The molecule has 138 valence electrons. The maximum atomic E-state index is 13.3. The maximum absolute atomic E-state index is 13.3. The van der Waals surface area contributed by atoms with E-state index in [4.69, 9.17) is 5.26 Å². The first kappa shape index (κ1) is 19.9. The zero-order valence-corrected chi connectivity index (χ0v) is 16.8. The molecule has 1 saturated heterocycles. The smallest absolute Gasteiger partial charge is 0.243 e. The summed E-state index contributed by atoms with van der Waals surface area (Å²) in [6.07, 6.45) is 1.40. The summed E-state index contributed by atoms with van der Waals surface area (Å²) < 4.78 is 28.2. The van der Waals surface area contributed by atoms with Crippen molar-refractivity contribution >= 4 is 10.0 Å². The second-order valence-corrected chi connectivity index (χ2v) is 8.84. The van der Waals surface area contributed by atoms with Crippen LogP contribution < -0.4 is 0 Å². The van der Waals surface area contributed by atoms with Gasteiger partial charge in [0.1, 0.15) is 0 Å². The lowest BCUT2D eigenvalue weighted by Gasteiger charge is -2.34. The lowest BCUT2D eigenvalue weighted by atomic mass is 9.95. The topological polar surface area (TPSA) is 64.4 Å². The minimum Gasteiger partial charge on any atom is -0.301 e. The van der Waals surface area contributed by atoms with Crippen LogP contribution in [0.5, 0.6) is 0 Å². The normalized spacial score (nSPS) is 16.8. The maximum Gasteiger partial charge on any atom is 0.243 e. The molecule has 0 aromatic heterocycles. The van der Waals surface area contributed by atoms with Gasteiger partial charge in [-0.2, -0.15) is 9.57 Å². The molecule has 5 nitrogen and oxygen atoms in total. The molecular formula is C19H29N3O2S. The fourth-order valence-electron chi connectivity index (χ4n) is 3.56. The summed E-state index contributed by atoms with van der Waals surface area (Å²) in [5.74, 6) is 0. The van der Waals surface area contributed by atoms with Crippen molar-refractivity contribution in [2.45, 2.75) is 52.4 Å². The molecule has 1 heterocycles. The van der Waals surface area contributed by atoms with Crippen LogP contribution in [-0.2, 0) is 10.0 Å². The van der Waals surface area contributed by atoms with Crippen LogP contribution in [0.25, 0.3) is 0 Å². The molecule has 0 bridgehead atoms. The summed E-state index contributed by atoms with van der Waals surface area (Å²) in [4.78, 5) is 2.74. The third kappa shape index (κ3) is 3.89.